The zero-order valence-corrected chi connectivity index (χ0v) is 12.2. The first-order valence-electron chi connectivity index (χ1n) is 5.59. The fourth-order valence-electron chi connectivity index (χ4n) is 1.40. The molecule has 0 aliphatic heterocycles. The van der Waals surface area contributed by atoms with Gasteiger partial charge in [0, 0.05) is 5.56 Å². The molecule has 7 heteroatoms. The van der Waals surface area contributed by atoms with Crippen LogP contribution in [0.1, 0.15) is 30.6 Å². The number of nitrogens with two attached hydrogens (primary N) is 1. The Balaban J connectivity index is 2.98. The summed E-state index contributed by atoms with van der Waals surface area (Å²) in [5, 5.41) is 14.3. The van der Waals surface area contributed by atoms with Crippen LogP contribution in [-0.2, 0) is 0 Å². The van der Waals surface area contributed by atoms with Gasteiger partial charge in [0.2, 0.25) is 0 Å². The summed E-state index contributed by atoms with van der Waals surface area (Å²) < 4.78 is 13.3. The lowest BCUT2D eigenvalue weighted by atomic mass is 9.97. The van der Waals surface area contributed by atoms with E-state index in [1.54, 1.807) is 13.8 Å². The van der Waals surface area contributed by atoms with Gasteiger partial charge in [-0.1, -0.05) is 12.1 Å². The average Bonchev–Trinajstić information content (AvgIpc) is 2.40. The van der Waals surface area contributed by atoms with Crippen molar-refractivity contribution in [2.75, 3.05) is 0 Å². The van der Waals surface area contributed by atoms with Crippen LogP contribution in [-0.4, -0.2) is 22.5 Å². The number of oxime groups is 1. The largest absolute Gasteiger partial charge is 0.409 e. The summed E-state index contributed by atoms with van der Waals surface area (Å²) in [7, 11) is 0. The van der Waals surface area contributed by atoms with E-state index in [4.69, 9.17) is 10.9 Å². The van der Waals surface area contributed by atoms with Gasteiger partial charge < -0.3 is 16.3 Å². The highest BCUT2D eigenvalue weighted by atomic mass is 79.9. The third-order valence-electron chi connectivity index (χ3n) is 2.95. The van der Waals surface area contributed by atoms with E-state index >= 15 is 0 Å². The van der Waals surface area contributed by atoms with Crippen LogP contribution in [0.25, 0.3) is 0 Å². The summed E-state index contributed by atoms with van der Waals surface area (Å²) >= 11 is 3.01. The van der Waals surface area contributed by atoms with Crippen molar-refractivity contribution in [3.63, 3.8) is 0 Å². The lowest BCUT2D eigenvalue weighted by Crippen LogP contribution is -2.55. The quantitative estimate of drug-likeness (QED) is 0.342. The third kappa shape index (κ3) is 3.44. The topological polar surface area (TPSA) is 87.7 Å². The summed E-state index contributed by atoms with van der Waals surface area (Å²) in [6.45, 7) is 3.43. The van der Waals surface area contributed by atoms with Gasteiger partial charge in [0.05, 0.1) is 10.0 Å². The Morgan fingerprint density at radius 3 is 2.74 bits per heavy atom. The number of rotatable bonds is 4. The standard InChI is InChI=1S/C12H15BrFN3O2/c1-3-12(2,11(15)17-19)16-10(18)7-4-5-9(14)8(13)6-7/h4-6,19H,3H2,1-2H3,(H2,15,17)(H,16,18). The van der Waals surface area contributed by atoms with Crippen LogP contribution >= 0.6 is 15.9 Å². The molecule has 0 spiro atoms. The van der Waals surface area contributed by atoms with Crippen LogP contribution in [0.15, 0.2) is 27.8 Å². The summed E-state index contributed by atoms with van der Waals surface area (Å²) in [5.41, 5.74) is 4.87. The van der Waals surface area contributed by atoms with E-state index in [1.807, 2.05) is 0 Å². The number of hydrogen-bond donors (Lipinski definition) is 3. The number of halogens is 2. The van der Waals surface area contributed by atoms with E-state index in [0.29, 0.717) is 6.42 Å². The number of carbonyl (C=O) groups excluding carboxylic acids is 1. The van der Waals surface area contributed by atoms with Crippen LogP contribution in [0, 0.1) is 5.82 Å². The summed E-state index contributed by atoms with van der Waals surface area (Å²) in [6, 6.07) is 3.91. The molecule has 1 amide bonds. The molecule has 1 aromatic rings. The highest BCUT2D eigenvalue weighted by Gasteiger charge is 2.30. The maximum absolute atomic E-state index is 13.1. The highest BCUT2D eigenvalue weighted by Crippen LogP contribution is 2.18. The van der Waals surface area contributed by atoms with E-state index in [1.165, 1.54) is 18.2 Å². The molecular weight excluding hydrogens is 317 g/mol. The van der Waals surface area contributed by atoms with Crippen LogP contribution in [0.3, 0.4) is 0 Å². The van der Waals surface area contributed by atoms with Gasteiger partial charge in [-0.25, -0.2) is 4.39 Å². The van der Waals surface area contributed by atoms with Crippen molar-refractivity contribution in [3.8, 4) is 0 Å². The molecule has 0 heterocycles. The van der Waals surface area contributed by atoms with Crippen molar-refractivity contribution in [1.82, 2.24) is 5.32 Å². The number of amidine groups is 1. The molecule has 0 saturated heterocycles. The van der Waals surface area contributed by atoms with Gasteiger partial charge in [0.1, 0.15) is 5.82 Å². The first kappa shape index (κ1) is 15.4. The Labute approximate surface area is 118 Å². The first-order chi connectivity index (χ1) is 8.84. The summed E-state index contributed by atoms with van der Waals surface area (Å²) in [5.74, 6) is -0.979. The third-order valence-corrected chi connectivity index (χ3v) is 3.56. The molecule has 1 aromatic carbocycles. The minimum atomic E-state index is -0.966. The maximum Gasteiger partial charge on any atom is 0.252 e. The molecule has 1 unspecified atom stereocenters. The smallest absolute Gasteiger partial charge is 0.252 e. The fourth-order valence-corrected chi connectivity index (χ4v) is 1.78. The van der Waals surface area contributed by atoms with Gasteiger partial charge in [-0.2, -0.15) is 0 Å². The molecule has 0 aliphatic rings. The van der Waals surface area contributed by atoms with Gasteiger partial charge in [-0.05, 0) is 47.5 Å². The Morgan fingerprint density at radius 1 is 1.63 bits per heavy atom. The molecule has 0 aromatic heterocycles. The molecule has 0 aliphatic carbocycles. The lowest BCUT2D eigenvalue weighted by Gasteiger charge is -2.28. The number of amides is 1. The Hall–Kier alpha value is -1.63. The number of nitrogens with one attached hydrogen (secondary N) is 1. The van der Waals surface area contributed by atoms with Crippen molar-refractivity contribution in [2.24, 2.45) is 10.9 Å². The fraction of sp³-hybridized carbons (Fsp3) is 0.333. The summed E-state index contributed by atoms with van der Waals surface area (Å²) in [4.78, 5) is 12.1. The second-order valence-corrected chi connectivity index (χ2v) is 5.11. The second-order valence-electron chi connectivity index (χ2n) is 4.25. The van der Waals surface area contributed by atoms with E-state index in [2.05, 4.69) is 26.4 Å². The van der Waals surface area contributed by atoms with Gasteiger partial charge in [-0.3, -0.25) is 4.79 Å². The SMILES string of the molecule is CCC(C)(NC(=O)c1ccc(F)c(Br)c1)/C(N)=N/O. The second kappa shape index (κ2) is 6.01. The molecular formula is C12H15BrFN3O2. The van der Waals surface area contributed by atoms with Gasteiger partial charge in [0.25, 0.3) is 5.91 Å². The van der Waals surface area contributed by atoms with Crippen molar-refractivity contribution in [3.05, 3.63) is 34.1 Å². The predicted molar refractivity (Wildman–Crippen MR) is 73.7 cm³/mol. The van der Waals surface area contributed by atoms with Crippen LogP contribution in [0.4, 0.5) is 4.39 Å². The first-order valence-corrected chi connectivity index (χ1v) is 6.39. The number of benzene rings is 1. The highest BCUT2D eigenvalue weighted by molar-refractivity contribution is 9.10. The number of nitrogens with zero attached hydrogens (tertiary/aromatic N) is 1. The number of hydrogen-bond acceptors (Lipinski definition) is 3. The molecule has 1 atom stereocenters. The minimum Gasteiger partial charge on any atom is -0.409 e. The Bertz CT molecular complexity index is 522. The van der Waals surface area contributed by atoms with Gasteiger partial charge in [-0.15, -0.1) is 0 Å². The molecule has 0 fully saturated rings. The monoisotopic (exact) mass is 331 g/mol. The molecule has 0 radical (unpaired) electrons. The van der Waals surface area contributed by atoms with Crippen LogP contribution < -0.4 is 11.1 Å². The number of carbonyl (C=O) groups is 1. The predicted octanol–water partition coefficient (Wildman–Crippen LogP) is 2.23. The zero-order chi connectivity index (χ0) is 14.6. The molecule has 0 saturated carbocycles. The zero-order valence-electron chi connectivity index (χ0n) is 10.6. The van der Waals surface area contributed by atoms with Crippen molar-refractivity contribution >= 4 is 27.7 Å². The van der Waals surface area contributed by atoms with E-state index < -0.39 is 17.3 Å². The van der Waals surface area contributed by atoms with E-state index in [0.717, 1.165) is 0 Å². The van der Waals surface area contributed by atoms with E-state index in [9.17, 15) is 9.18 Å². The Kier molecular flexibility index (Phi) is 4.88. The van der Waals surface area contributed by atoms with Crippen molar-refractivity contribution in [2.45, 2.75) is 25.8 Å². The average molecular weight is 332 g/mol. The van der Waals surface area contributed by atoms with Crippen LogP contribution in [0.2, 0.25) is 0 Å². The van der Waals surface area contributed by atoms with E-state index in [-0.39, 0.29) is 15.9 Å². The molecule has 5 nitrogen and oxygen atoms in total. The van der Waals surface area contributed by atoms with Crippen molar-refractivity contribution < 1.29 is 14.4 Å². The molecule has 104 valence electrons. The normalized spacial score (nSPS) is 14.8. The molecule has 1 rings (SSSR count). The molecule has 19 heavy (non-hydrogen) atoms. The lowest BCUT2D eigenvalue weighted by molar-refractivity contribution is 0.0925. The molecule has 4 N–H and O–H groups in total. The van der Waals surface area contributed by atoms with Gasteiger partial charge in [0.15, 0.2) is 5.84 Å². The van der Waals surface area contributed by atoms with Crippen LogP contribution in [0.5, 0.6) is 0 Å². The Morgan fingerprint density at radius 2 is 2.26 bits per heavy atom. The minimum absolute atomic E-state index is 0.0930. The summed E-state index contributed by atoms with van der Waals surface area (Å²) in [6.07, 6.45) is 0.441. The van der Waals surface area contributed by atoms with Gasteiger partial charge >= 0.3 is 0 Å². The maximum atomic E-state index is 13.1. The molecule has 0 bridgehead atoms. The van der Waals surface area contributed by atoms with Crippen molar-refractivity contribution in [1.29, 1.82) is 0 Å².